The molecular formula is C15H14O4. The van der Waals surface area contributed by atoms with Crippen LogP contribution in [0, 0.1) is 5.92 Å². The van der Waals surface area contributed by atoms with E-state index in [-0.39, 0.29) is 23.3 Å². The fourth-order valence-corrected chi connectivity index (χ4v) is 2.14. The molecule has 0 aromatic heterocycles. The molecule has 0 aliphatic heterocycles. The molecule has 0 radical (unpaired) electrons. The molecule has 1 aliphatic rings. The SMILES string of the molecule is CC(C)=CCC1C(=O)C(=O)c2cccc(O)c2C1=O. The standard InChI is InChI=1S/C15H14O4/c1-8(2)6-7-10-13(17)12-9(14(18)15(10)19)4-3-5-11(12)16/h3-6,10,16H,7H2,1-2H3. The average molecular weight is 258 g/mol. The fraction of sp³-hybridized carbons (Fsp3) is 0.267. The predicted molar refractivity (Wildman–Crippen MR) is 69.3 cm³/mol. The second-order valence-corrected chi connectivity index (χ2v) is 4.83. The topological polar surface area (TPSA) is 71.4 Å². The number of fused-ring (bicyclic) bond motifs is 1. The molecule has 0 spiro atoms. The van der Waals surface area contributed by atoms with E-state index in [2.05, 4.69) is 0 Å². The van der Waals surface area contributed by atoms with E-state index in [1.165, 1.54) is 18.2 Å². The average Bonchev–Trinajstić information content (AvgIpc) is 2.35. The number of carbonyl (C=O) groups excluding carboxylic acids is 3. The molecule has 1 atom stereocenters. The molecule has 0 bridgehead atoms. The van der Waals surface area contributed by atoms with Crippen molar-refractivity contribution in [1.29, 1.82) is 0 Å². The van der Waals surface area contributed by atoms with E-state index in [1.54, 1.807) is 6.08 Å². The smallest absolute Gasteiger partial charge is 0.230 e. The summed E-state index contributed by atoms with van der Waals surface area (Å²) >= 11 is 0. The Balaban J connectivity index is 2.50. The Morgan fingerprint density at radius 1 is 1.21 bits per heavy atom. The van der Waals surface area contributed by atoms with Gasteiger partial charge in [0.25, 0.3) is 0 Å². The molecule has 1 aromatic rings. The van der Waals surface area contributed by atoms with Gasteiger partial charge in [-0.2, -0.15) is 0 Å². The molecule has 0 fully saturated rings. The number of benzene rings is 1. The number of hydrogen-bond acceptors (Lipinski definition) is 4. The molecular weight excluding hydrogens is 244 g/mol. The van der Waals surface area contributed by atoms with Crippen LogP contribution in [0.1, 0.15) is 41.0 Å². The summed E-state index contributed by atoms with van der Waals surface area (Å²) in [5.74, 6) is -3.12. The summed E-state index contributed by atoms with van der Waals surface area (Å²) in [7, 11) is 0. The first-order valence-electron chi connectivity index (χ1n) is 6.01. The van der Waals surface area contributed by atoms with Gasteiger partial charge in [-0.1, -0.05) is 17.7 Å². The van der Waals surface area contributed by atoms with Gasteiger partial charge < -0.3 is 5.11 Å². The molecule has 19 heavy (non-hydrogen) atoms. The Bertz CT molecular complexity index is 607. The summed E-state index contributed by atoms with van der Waals surface area (Å²) in [6.45, 7) is 3.70. The van der Waals surface area contributed by atoms with Crippen molar-refractivity contribution in [1.82, 2.24) is 0 Å². The number of allylic oxidation sites excluding steroid dienone is 2. The normalized spacial score (nSPS) is 18.2. The van der Waals surface area contributed by atoms with Gasteiger partial charge in [0.05, 0.1) is 11.5 Å². The van der Waals surface area contributed by atoms with Gasteiger partial charge in [0.15, 0.2) is 5.78 Å². The van der Waals surface area contributed by atoms with Crippen molar-refractivity contribution in [3.63, 3.8) is 0 Å². The molecule has 1 aliphatic carbocycles. The highest BCUT2D eigenvalue weighted by molar-refractivity contribution is 6.52. The molecule has 98 valence electrons. The van der Waals surface area contributed by atoms with Crippen molar-refractivity contribution in [3.05, 3.63) is 41.0 Å². The summed E-state index contributed by atoms with van der Waals surface area (Å²) in [6, 6.07) is 4.19. The van der Waals surface area contributed by atoms with Crippen molar-refractivity contribution < 1.29 is 19.5 Å². The number of ketones is 3. The van der Waals surface area contributed by atoms with Crippen LogP contribution in [0.4, 0.5) is 0 Å². The summed E-state index contributed by atoms with van der Waals surface area (Å²) in [5, 5.41) is 9.73. The van der Waals surface area contributed by atoms with Crippen molar-refractivity contribution in [2.24, 2.45) is 5.92 Å². The molecule has 1 unspecified atom stereocenters. The first-order chi connectivity index (χ1) is 8.93. The van der Waals surface area contributed by atoms with Gasteiger partial charge in [-0.15, -0.1) is 0 Å². The lowest BCUT2D eigenvalue weighted by molar-refractivity contribution is -0.117. The lowest BCUT2D eigenvalue weighted by Gasteiger charge is -2.20. The van der Waals surface area contributed by atoms with Gasteiger partial charge in [-0.3, -0.25) is 14.4 Å². The van der Waals surface area contributed by atoms with Crippen LogP contribution < -0.4 is 0 Å². The lowest BCUT2D eigenvalue weighted by Crippen LogP contribution is -2.36. The summed E-state index contributed by atoms with van der Waals surface area (Å²) in [6.07, 6.45) is 1.94. The Kier molecular flexibility index (Phi) is 3.34. The van der Waals surface area contributed by atoms with Gasteiger partial charge in [0, 0.05) is 5.56 Å². The molecule has 1 aromatic carbocycles. The van der Waals surface area contributed by atoms with Gasteiger partial charge in [0.1, 0.15) is 5.75 Å². The van der Waals surface area contributed by atoms with Crippen molar-refractivity contribution in [3.8, 4) is 5.75 Å². The van der Waals surface area contributed by atoms with Crippen molar-refractivity contribution in [2.75, 3.05) is 0 Å². The Hall–Kier alpha value is -2.23. The van der Waals surface area contributed by atoms with Crippen molar-refractivity contribution >= 4 is 17.3 Å². The second-order valence-electron chi connectivity index (χ2n) is 4.83. The quantitative estimate of drug-likeness (QED) is 0.502. The minimum Gasteiger partial charge on any atom is -0.507 e. The van der Waals surface area contributed by atoms with Gasteiger partial charge >= 0.3 is 0 Å². The Morgan fingerprint density at radius 3 is 2.53 bits per heavy atom. The minimum absolute atomic E-state index is 0.00319. The van der Waals surface area contributed by atoms with Crippen molar-refractivity contribution in [2.45, 2.75) is 20.3 Å². The maximum Gasteiger partial charge on any atom is 0.230 e. The molecule has 4 heteroatoms. The van der Waals surface area contributed by atoms with Crippen LogP contribution in [0.2, 0.25) is 0 Å². The van der Waals surface area contributed by atoms with E-state index < -0.39 is 23.3 Å². The molecule has 0 amide bonds. The molecule has 4 nitrogen and oxygen atoms in total. The van der Waals surface area contributed by atoms with E-state index in [4.69, 9.17) is 0 Å². The van der Waals surface area contributed by atoms with Gasteiger partial charge in [-0.25, -0.2) is 0 Å². The molecule has 0 saturated carbocycles. The number of rotatable bonds is 2. The largest absolute Gasteiger partial charge is 0.507 e. The first-order valence-corrected chi connectivity index (χ1v) is 6.01. The van der Waals surface area contributed by atoms with Crippen LogP contribution in [-0.2, 0) is 4.79 Å². The minimum atomic E-state index is -1.01. The van der Waals surface area contributed by atoms with Crippen LogP contribution >= 0.6 is 0 Å². The second kappa shape index (κ2) is 4.80. The van der Waals surface area contributed by atoms with Crippen LogP contribution in [0.25, 0.3) is 0 Å². The number of phenolic OH excluding ortho intramolecular Hbond substituents is 1. The zero-order valence-electron chi connectivity index (χ0n) is 10.8. The predicted octanol–water partition coefficient (Wildman–Crippen LogP) is 2.31. The first kappa shape index (κ1) is 13.2. The third kappa shape index (κ3) is 2.21. The van der Waals surface area contributed by atoms with Crippen LogP contribution in [-0.4, -0.2) is 22.5 Å². The van der Waals surface area contributed by atoms with E-state index in [0.29, 0.717) is 0 Å². The summed E-state index contributed by atoms with van der Waals surface area (Å²) < 4.78 is 0. The monoisotopic (exact) mass is 258 g/mol. The Morgan fingerprint density at radius 2 is 1.89 bits per heavy atom. The molecule has 1 N–H and O–H groups in total. The highest BCUT2D eigenvalue weighted by atomic mass is 16.3. The zero-order valence-corrected chi connectivity index (χ0v) is 10.8. The van der Waals surface area contributed by atoms with E-state index in [0.717, 1.165) is 5.57 Å². The molecule has 0 heterocycles. The number of aromatic hydroxyl groups is 1. The molecule has 0 saturated heterocycles. The number of phenols is 1. The van der Waals surface area contributed by atoms with E-state index in [1.807, 2.05) is 13.8 Å². The Labute approximate surface area is 110 Å². The van der Waals surface area contributed by atoms with E-state index in [9.17, 15) is 19.5 Å². The molecule has 2 rings (SSSR count). The highest BCUT2D eigenvalue weighted by Crippen LogP contribution is 2.31. The van der Waals surface area contributed by atoms with Crippen LogP contribution in [0.15, 0.2) is 29.8 Å². The van der Waals surface area contributed by atoms with Crippen LogP contribution in [0.5, 0.6) is 5.75 Å². The van der Waals surface area contributed by atoms with Gasteiger partial charge in [0.2, 0.25) is 11.6 Å². The highest BCUT2D eigenvalue weighted by Gasteiger charge is 2.40. The number of Topliss-reactive ketones (excluding diaryl/α,β-unsaturated/α-hetero) is 3. The number of carbonyl (C=O) groups is 3. The maximum absolute atomic E-state index is 12.2. The summed E-state index contributed by atoms with van der Waals surface area (Å²) in [4.78, 5) is 36.1. The third-order valence-electron chi connectivity index (χ3n) is 3.15. The zero-order chi connectivity index (χ0) is 14.2. The fourth-order valence-electron chi connectivity index (χ4n) is 2.14. The van der Waals surface area contributed by atoms with Gasteiger partial charge in [-0.05, 0) is 32.4 Å². The summed E-state index contributed by atoms with van der Waals surface area (Å²) in [5.41, 5.74) is 0.943. The van der Waals surface area contributed by atoms with Crippen LogP contribution in [0.3, 0.4) is 0 Å². The maximum atomic E-state index is 12.2. The lowest BCUT2D eigenvalue weighted by atomic mass is 9.78. The number of hydrogen-bond donors (Lipinski definition) is 1. The van der Waals surface area contributed by atoms with E-state index >= 15 is 0 Å². The third-order valence-corrected chi connectivity index (χ3v) is 3.15.